The molecule has 4 unspecified atom stereocenters. The molecule has 20 heavy (non-hydrogen) atoms. The molecular weight excluding hydrogens is 275 g/mol. The van der Waals surface area contributed by atoms with E-state index in [9.17, 15) is 9.59 Å². The fraction of sp³-hybridized carbons (Fsp3) is 0.867. The molecule has 0 N–H and O–H groups in total. The molecule has 0 bridgehead atoms. The van der Waals surface area contributed by atoms with E-state index in [1.54, 1.807) is 0 Å². The van der Waals surface area contributed by atoms with Gasteiger partial charge in [-0.2, -0.15) is 0 Å². The Morgan fingerprint density at radius 3 is 2.80 bits per heavy atom. The number of hydrogen-bond donors (Lipinski definition) is 0. The summed E-state index contributed by atoms with van der Waals surface area (Å²) in [6.07, 6.45) is 3.52. The molecule has 114 valence electrons. The Balaban J connectivity index is 1.96. The minimum absolute atomic E-state index is 0.00710. The number of carbonyl (C=O) groups excluding carboxylic acids is 2. The second-order valence-corrected chi connectivity index (χ2v) is 6.94. The predicted molar refractivity (Wildman–Crippen MR) is 79.0 cm³/mol. The van der Waals surface area contributed by atoms with Crippen LogP contribution in [0, 0.1) is 17.3 Å². The van der Waals surface area contributed by atoms with Gasteiger partial charge < -0.3 is 9.26 Å². The van der Waals surface area contributed by atoms with Crippen LogP contribution in [0.15, 0.2) is 0 Å². The van der Waals surface area contributed by atoms with Gasteiger partial charge in [0.25, 0.3) is 0 Å². The highest BCUT2D eigenvalue weighted by atomic mass is 31.0. The summed E-state index contributed by atoms with van der Waals surface area (Å²) in [6, 6.07) is 0. The average molecular weight is 300 g/mol. The minimum atomic E-state index is -0.253. The molecule has 1 saturated carbocycles. The van der Waals surface area contributed by atoms with Gasteiger partial charge in [-0.25, -0.2) is 0 Å². The van der Waals surface area contributed by atoms with Crippen LogP contribution < -0.4 is 0 Å². The predicted octanol–water partition coefficient (Wildman–Crippen LogP) is 2.90. The van der Waals surface area contributed by atoms with Crippen molar-refractivity contribution in [2.24, 2.45) is 17.3 Å². The number of carbonyl (C=O) groups is 2. The molecule has 1 aliphatic heterocycles. The van der Waals surface area contributed by atoms with Crippen molar-refractivity contribution in [2.75, 3.05) is 0 Å². The summed E-state index contributed by atoms with van der Waals surface area (Å²) in [5, 5.41) is 0. The van der Waals surface area contributed by atoms with Crippen molar-refractivity contribution >= 4 is 21.2 Å². The zero-order chi connectivity index (χ0) is 14.9. The molecule has 1 aliphatic carbocycles. The Morgan fingerprint density at radius 2 is 2.20 bits per heavy atom. The lowest BCUT2D eigenvalue weighted by Gasteiger charge is -2.25. The smallest absolute Gasteiger partial charge is 0.306 e. The second kappa shape index (κ2) is 6.11. The van der Waals surface area contributed by atoms with E-state index in [4.69, 9.17) is 9.26 Å². The monoisotopic (exact) mass is 300 g/mol. The number of ether oxygens (including phenoxy) is 1. The van der Waals surface area contributed by atoms with Gasteiger partial charge in [-0.15, -0.1) is 0 Å². The van der Waals surface area contributed by atoms with Gasteiger partial charge >= 0.3 is 5.97 Å². The molecule has 4 nitrogen and oxygen atoms in total. The summed E-state index contributed by atoms with van der Waals surface area (Å²) in [7, 11) is 2.31. The lowest BCUT2D eigenvalue weighted by Crippen LogP contribution is -2.26. The van der Waals surface area contributed by atoms with Crippen LogP contribution in [-0.4, -0.2) is 24.0 Å². The third kappa shape index (κ3) is 3.07. The Morgan fingerprint density at radius 1 is 1.50 bits per heavy atom. The third-order valence-corrected chi connectivity index (χ3v) is 5.52. The molecule has 1 heterocycles. The molecule has 0 spiro atoms. The van der Waals surface area contributed by atoms with E-state index in [2.05, 4.69) is 9.47 Å². The zero-order valence-electron chi connectivity index (χ0n) is 12.6. The van der Waals surface area contributed by atoms with Crippen LogP contribution in [0.1, 0.15) is 52.9 Å². The summed E-state index contributed by atoms with van der Waals surface area (Å²) < 4.78 is 10.8. The van der Waals surface area contributed by atoms with Crippen LogP contribution >= 0.6 is 9.47 Å². The molecule has 1 saturated heterocycles. The van der Waals surface area contributed by atoms with E-state index < -0.39 is 0 Å². The highest BCUT2D eigenvalue weighted by molar-refractivity contribution is 7.09. The van der Waals surface area contributed by atoms with Gasteiger partial charge in [0.05, 0.1) is 12.5 Å². The largest absolute Gasteiger partial charge is 0.462 e. The standard InChI is InChI=1S/C15H25O4P/c1-4-15(2,3)13(16)6-5-9-10-7-14(17)18-11(10)8-12(9)19-20/h9-12H,4-8,20H2,1-3H3/t9-,10?,11?,12?/m1/s1. The van der Waals surface area contributed by atoms with Gasteiger partial charge in [0.2, 0.25) is 0 Å². The first kappa shape index (κ1) is 15.9. The Bertz CT molecular complexity index is 393. The maximum absolute atomic E-state index is 12.3. The number of hydrogen-bond acceptors (Lipinski definition) is 4. The molecule has 5 heteroatoms. The van der Waals surface area contributed by atoms with E-state index in [0.717, 1.165) is 19.3 Å². The van der Waals surface area contributed by atoms with Crippen molar-refractivity contribution in [2.45, 2.75) is 65.1 Å². The molecule has 0 aromatic heterocycles. The molecule has 0 aromatic rings. The number of fused-ring (bicyclic) bond motifs is 1. The Kier molecular flexibility index (Phi) is 4.86. The van der Waals surface area contributed by atoms with Crippen LogP contribution in [0.2, 0.25) is 0 Å². The Hall–Kier alpha value is -0.470. The molecular formula is C15H25O4P. The van der Waals surface area contributed by atoms with Crippen molar-refractivity contribution < 1.29 is 18.8 Å². The first-order valence-electron chi connectivity index (χ1n) is 7.47. The average Bonchev–Trinajstić information content (AvgIpc) is 2.91. The van der Waals surface area contributed by atoms with Crippen molar-refractivity contribution in [3.8, 4) is 0 Å². The fourth-order valence-electron chi connectivity index (χ4n) is 3.35. The van der Waals surface area contributed by atoms with E-state index in [0.29, 0.717) is 18.6 Å². The minimum Gasteiger partial charge on any atom is -0.462 e. The van der Waals surface area contributed by atoms with Crippen molar-refractivity contribution in [3.05, 3.63) is 0 Å². The second-order valence-electron chi connectivity index (χ2n) is 6.67. The van der Waals surface area contributed by atoms with Crippen LogP contribution in [0.5, 0.6) is 0 Å². The van der Waals surface area contributed by atoms with Crippen LogP contribution in [0.3, 0.4) is 0 Å². The van der Waals surface area contributed by atoms with E-state index >= 15 is 0 Å². The molecule has 2 fully saturated rings. The Labute approximate surface area is 123 Å². The zero-order valence-corrected chi connectivity index (χ0v) is 13.7. The maximum atomic E-state index is 12.3. The van der Waals surface area contributed by atoms with Crippen LogP contribution in [0.25, 0.3) is 0 Å². The molecule has 0 aromatic carbocycles. The molecule has 5 atom stereocenters. The maximum Gasteiger partial charge on any atom is 0.306 e. The van der Waals surface area contributed by atoms with Crippen LogP contribution in [0.4, 0.5) is 0 Å². The molecule has 0 radical (unpaired) electrons. The summed E-state index contributed by atoms with van der Waals surface area (Å²) >= 11 is 0. The summed E-state index contributed by atoms with van der Waals surface area (Å²) in [5.74, 6) is 0.676. The normalized spacial score (nSPS) is 33.1. The van der Waals surface area contributed by atoms with E-state index in [-0.39, 0.29) is 35.4 Å². The first-order chi connectivity index (χ1) is 9.39. The highest BCUT2D eigenvalue weighted by Gasteiger charge is 2.50. The number of esters is 1. The van der Waals surface area contributed by atoms with Crippen molar-refractivity contribution in [1.29, 1.82) is 0 Å². The molecule has 2 aliphatic rings. The SMILES string of the molecule is CCC(C)(C)C(=O)CC[C@H]1C(OP)CC2OC(=O)CC21. The van der Waals surface area contributed by atoms with Gasteiger partial charge in [0.1, 0.15) is 11.9 Å². The van der Waals surface area contributed by atoms with Gasteiger partial charge in [-0.05, 0) is 18.8 Å². The van der Waals surface area contributed by atoms with Gasteiger partial charge in [-0.3, -0.25) is 9.59 Å². The van der Waals surface area contributed by atoms with Gasteiger partial charge in [-0.1, -0.05) is 20.8 Å². The van der Waals surface area contributed by atoms with Gasteiger partial charge in [0.15, 0.2) is 0 Å². The lowest BCUT2D eigenvalue weighted by molar-refractivity contribution is -0.141. The summed E-state index contributed by atoms with van der Waals surface area (Å²) in [5.41, 5.74) is -0.253. The fourth-order valence-corrected chi connectivity index (χ4v) is 3.66. The number of ketones is 1. The number of rotatable bonds is 6. The molecule has 0 amide bonds. The molecule has 2 rings (SSSR count). The topological polar surface area (TPSA) is 52.6 Å². The first-order valence-corrected chi connectivity index (χ1v) is 7.94. The van der Waals surface area contributed by atoms with Crippen molar-refractivity contribution in [1.82, 2.24) is 0 Å². The van der Waals surface area contributed by atoms with Crippen LogP contribution in [-0.2, 0) is 18.8 Å². The summed E-state index contributed by atoms with van der Waals surface area (Å²) in [6.45, 7) is 6.04. The third-order valence-electron chi connectivity index (χ3n) is 5.17. The van der Waals surface area contributed by atoms with Gasteiger partial charge in [0, 0.05) is 33.6 Å². The van der Waals surface area contributed by atoms with Crippen molar-refractivity contribution in [3.63, 3.8) is 0 Å². The number of Topliss-reactive ketones (excluding diaryl/α,β-unsaturated/α-hetero) is 1. The van der Waals surface area contributed by atoms with E-state index in [1.165, 1.54) is 0 Å². The lowest BCUT2D eigenvalue weighted by atomic mass is 9.80. The summed E-state index contributed by atoms with van der Waals surface area (Å²) in [4.78, 5) is 23.7. The highest BCUT2D eigenvalue weighted by Crippen LogP contribution is 2.45. The van der Waals surface area contributed by atoms with E-state index in [1.807, 2.05) is 20.8 Å². The quantitative estimate of drug-likeness (QED) is 0.559.